The van der Waals surface area contributed by atoms with Gasteiger partial charge in [0.2, 0.25) is 0 Å². The lowest BCUT2D eigenvalue weighted by molar-refractivity contribution is -0.00232. The van der Waals surface area contributed by atoms with Gasteiger partial charge in [-0.1, -0.05) is 0 Å². The third kappa shape index (κ3) is 6.25. The fourth-order valence-electron chi connectivity index (χ4n) is 2.11. The van der Waals surface area contributed by atoms with Crippen LogP contribution in [0.4, 0.5) is 4.79 Å². The van der Waals surface area contributed by atoms with Gasteiger partial charge in [-0.25, -0.2) is 4.79 Å². The van der Waals surface area contributed by atoms with E-state index in [2.05, 4.69) is 11.4 Å². The number of nitrogens with zero attached hydrogens (tertiary/aromatic N) is 2. The second kappa shape index (κ2) is 7.49. The van der Waals surface area contributed by atoms with E-state index in [0.717, 1.165) is 39.0 Å². The Labute approximate surface area is 122 Å². The van der Waals surface area contributed by atoms with Crippen molar-refractivity contribution in [1.82, 2.24) is 10.2 Å². The van der Waals surface area contributed by atoms with Gasteiger partial charge in [0.1, 0.15) is 5.60 Å². The van der Waals surface area contributed by atoms with Crippen LogP contribution >= 0.6 is 0 Å². The van der Waals surface area contributed by atoms with Gasteiger partial charge in [-0.2, -0.15) is 5.26 Å². The number of amides is 1. The number of ether oxygens (including phenoxy) is 1. The molecule has 114 valence electrons. The molecular weight excluding hydrogens is 254 g/mol. The van der Waals surface area contributed by atoms with E-state index in [1.807, 2.05) is 27.7 Å². The van der Waals surface area contributed by atoms with E-state index in [-0.39, 0.29) is 12.0 Å². The van der Waals surface area contributed by atoms with Crippen LogP contribution in [-0.4, -0.2) is 42.8 Å². The number of carbonyl (C=O) groups excluding carboxylic acids is 1. The Balaban J connectivity index is 2.03. The summed E-state index contributed by atoms with van der Waals surface area (Å²) >= 11 is 0. The summed E-state index contributed by atoms with van der Waals surface area (Å²) in [5.41, 5.74) is -0.413. The Morgan fingerprint density at radius 1 is 1.50 bits per heavy atom. The maximum absolute atomic E-state index is 11.7. The van der Waals surface area contributed by atoms with Crippen LogP contribution in [0.5, 0.6) is 0 Å². The molecule has 0 aromatic heterocycles. The molecule has 0 spiro atoms. The minimum atomic E-state index is -0.413. The quantitative estimate of drug-likeness (QED) is 0.759. The van der Waals surface area contributed by atoms with Crippen molar-refractivity contribution < 1.29 is 9.53 Å². The van der Waals surface area contributed by atoms with Crippen LogP contribution in [0, 0.1) is 23.2 Å². The lowest BCUT2D eigenvalue weighted by Gasteiger charge is -2.39. The van der Waals surface area contributed by atoms with Crippen molar-refractivity contribution >= 4 is 6.09 Å². The lowest BCUT2D eigenvalue weighted by Crippen LogP contribution is -2.51. The highest BCUT2D eigenvalue weighted by molar-refractivity contribution is 5.69. The average molecular weight is 281 g/mol. The first-order valence-corrected chi connectivity index (χ1v) is 7.40. The molecule has 1 aliphatic heterocycles. The zero-order valence-electron chi connectivity index (χ0n) is 13.1. The predicted octanol–water partition coefficient (Wildman–Crippen LogP) is 2.38. The van der Waals surface area contributed by atoms with Crippen molar-refractivity contribution in [3.8, 4) is 6.07 Å². The Kier molecular flexibility index (Phi) is 6.28. The number of likely N-dealkylation sites (tertiary alicyclic amines) is 1. The van der Waals surface area contributed by atoms with E-state index in [9.17, 15) is 4.79 Å². The van der Waals surface area contributed by atoms with E-state index in [0.29, 0.717) is 5.92 Å². The summed E-state index contributed by atoms with van der Waals surface area (Å²) in [7, 11) is 0. The SMILES string of the molecule is CC(C#N)CNCCCC1CN(C(=O)OC(C)(C)C)C1. The first kappa shape index (κ1) is 16.8. The summed E-state index contributed by atoms with van der Waals surface area (Å²) in [6, 6.07) is 2.20. The molecule has 0 saturated carbocycles. The number of carbonyl (C=O) groups is 1. The fourth-order valence-corrected chi connectivity index (χ4v) is 2.11. The van der Waals surface area contributed by atoms with Gasteiger partial charge in [0.05, 0.1) is 12.0 Å². The van der Waals surface area contributed by atoms with Crippen LogP contribution in [0.2, 0.25) is 0 Å². The van der Waals surface area contributed by atoms with Crippen LogP contribution in [-0.2, 0) is 4.74 Å². The summed E-state index contributed by atoms with van der Waals surface area (Å²) in [5.74, 6) is 0.666. The normalized spacial score (nSPS) is 17.2. The van der Waals surface area contributed by atoms with Crippen LogP contribution in [0.15, 0.2) is 0 Å². The van der Waals surface area contributed by atoms with E-state index in [1.54, 1.807) is 4.90 Å². The molecule has 0 radical (unpaired) electrons. The van der Waals surface area contributed by atoms with Crippen LogP contribution in [0.25, 0.3) is 0 Å². The smallest absolute Gasteiger partial charge is 0.410 e. The Bertz CT molecular complexity index is 351. The fraction of sp³-hybridized carbons (Fsp3) is 0.867. The van der Waals surface area contributed by atoms with Gasteiger partial charge >= 0.3 is 6.09 Å². The molecule has 1 aliphatic rings. The van der Waals surface area contributed by atoms with E-state index in [1.165, 1.54) is 0 Å². The van der Waals surface area contributed by atoms with Crippen molar-refractivity contribution in [3.63, 3.8) is 0 Å². The van der Waals surface area contributed by atoms with Crippen molar-refractivity contribution in [3.05, 3.63) is 0 Å². The summed E-state index contributed by atoms with van der Waals surface area (Å²) in [4.78, 5) is 13.5. The molecule has 0 aliphatic carbocycles. The summed E-state index contributed by atoms with van der Waals surface area (Å²) in [5, 5.41) is 11.9. The summed E-state index contributed by atoms with van der Waals surface area (Å²) in [6.45, 7) is 10.9. The minimum absolute atomic E-state index is 0.0707. The molecular formula is C15H27N3O2. The van der Waals surface area contributed by atoms with E-state index in [4.69, 9.17) is 10.00 Å². The van der Waals surface area contributed by atoms with Crippen LogP contribution in [0.1, 0.15) is 40.5 Å². The van der Waals surface area contributed by atoms with Gasteiger partial charge in [0.15, 0.2) is 0 Å². The standard InChI is InChI=1S/C15H27N3O2/c1-12(8-16)9-17-7-5-6-13-10-18(11-13)14(19)20-15(2,3)4/h12-13,17H,5-7,9-11H2,1-4H3. The molecule has 0 aromatic rings. The van der Waals surface area contributed by atoms with E-state index >= 15 is 0 Å². The molecule has 1 heterocycles. The van der Waals surface area contributed by atoms with Crippen molar-refractivity contribution in [1.29, 1.82) is 5.26 Å². The Hall–Kier alpha value is -1.28. The molecule has 1 amide bonds. The molecule has 0 bridgehead atoms. The first-order valence-electron chi connectivity index (χ1n) is 7.40. The zero-order valence-corrected chi connectivity index (χ0v) is 13.1. The highest BCUT2D eigenvalue weighted by Gasteiger charge is 2.32. The lowest BCUT2D eigenvalue weighted by atomic mass is 9.95. The number of hydrogen-bond donors (Lipinski definition) is 1. The average Bonchev–Trinajstić information content (AvgIpc) is 2.28. The third-order valence-corrected chi connectivity index (χ3v) is 3.25. The number of nitrogens with one attached hydrogen (secondary N) is 1. The van der Waals surface area contributed by atoms with Crippen LogP contribution in [0.3, 0.4) is 0 Å². The van der Waals surface area contributed by atoms with Gasteiger partial charge in [-0.3, -0.25) is 0 Å². The number of nitriles is 1. The molecule has 5 nitrogen and oxygen atoms in total. The highest BCUT2D eigenvalue weighted by atomic mass is 16.6. The molecule has 5 heteroatoms. The minimum Gasteiger partial charge on any atom is -0.444 e. The molecule has 1 fully saturated rings. The molecule has 20 heavy (non-hydrogen) atoms. The highest BCUT2D eigenvalue weighted by Crippen LogP contribution is 2.22. The maximum atomic E-state index is 11.7. The number of rotatable bonds is 6. The van der Waals surface area contributed by atoms with Gasteiger partial charge in [0.25, 0.3) is 0 Å². The first-order chi connectivity index (χ1) is 9.31. The summed E-state index contributed by atoms with van der Waals surface area (Å²) < 4.78 is 5.32. The Morgan fingerprint density at radius 3 is 2.70 bits per heavy atom. The second-order valence-electron chi connectivity index (χ2n) is 6.63. The van der Waals surface area contributed by atoms with Crippen molar-refractivity contribution in [2.45, 2.75) is 46.1 Å². The Morgan fingerprint density at radius 2 is 2.15 bits per heavy atom. The van der Waals surface area contributed by atoms with Crippen molar-refractivity contribution in [2.24, 2.45) is 11.8 Å². The number of hydrogen-bond acceptors (Lipinski definition) is 4. The topological polar surface area (TPSA) is 65.4 Å². The monoisotopic (exact) mass is 281 g/mol. The largest absolute Gasteiger partial charge is 0.444 e. The van der Waals surface area contributed by atoms with Crippen LogP contribution < -0.4 is 5.32 Å². The zero-order chi connectivity index (χ0) is 15.2. The van der Waals surface area contributed by atoms with Gasteiger partial charge in [-0.05, 0) is 53.0 Å². The van der Waals surface area contributed by atoms with Gasteiger partial charge < -0.3 is 15.0 Å². The molecule has 1 rings (SSSR count). The van der Waals surface area contributed by atoms with E-state index < -0.39 is 5.60 Å². The van der Waals surface area contributed by atoms with Crippen molar-refractivity contribution in [2.75, 3.05) is 26.2 Å². The predicted molar refractivity (Wildman–Crippen MR) is 78.2 cm³/mol. The van der Waals surface area contributed by atoms with Gasteiger partial charge in [-0.15, -0.1) is 0 Å². The molecule has 1 unspecified atom stereocenters. The summed E-state index contributed by atoms with van der Waals surface area (Å²) in [6.07, 6.45) is 2.01. The molecule has 0 aromatic carbocycles. The molecule has 1 atom stereocenters. The molecule has 1 saturated heterocycles. The van der Waals surface area contributed by atoms with Gasteiger partial charge in [0, 0.05) is 19.6 Å². The molecule has 1 N–H and O–H groups in total. The second-order valence-corrected chi connectivity index (χ2v) is 6.63. The maximum Gasteiger partial charge on any atom is 0.410 e. The third-order valence-electron chi connectivity index (χ3n) is 3.25.